The summed E-state index contributed by atoms with van der Waals surface area (Å²) in [6, 6.07) is 5.67. The Balaban J connectivity index is 2.44. The second kappa shape index (κ2) is 6.57. The topological polar surface area (TPSA) is 65.8 Å². The molecule has 0 aliphatic rings. The minimum atomic E-state index is -0.0601. The molecule has 1 rings (SSSR count). The lowest BCUT2D eigenvalue weighted by Gasteiger charge is -2.13. The highest BCUT2D eigenvalue weighted by molar-refractivity contribution is 5.78. The molecule has 0 spiro atoms. The number of rotatable bonds is 5. The molecule has 1 atom stereocenters. The van der Waals surface area contributed by atoms with Gasteiger partial charge in [0, 0.05) is 18.4 Å². The quantitative estimate of drug-likeness (QED) is 0.811. The second-order valence-electron chi connectivity index (χ2n) is 3.57. The van der Waals surface area contributed by atoms with Crippen molar-refractivity contribution in [1.29, 1.82) is 5.26 Å². The molecule has 0 saturated carbocycles. The molecule has 1 aromatic heterocycles. The van der Waals surface area contributed by atoms with Crippen molar-refractivity contribution in [2.24, 2.45) is 0 Å². The summed E-state index contributed by atoms with van der Waals surface area (Å²) in [6.45, 7) is 1.95. The molecule has 0 aliphatic carbocycles. The molecule has 0 aromatic carbocycles. The van der Waals surface area contributed by atoms with Gasteiger partial charge in [0.1, 0.15) is 0 Å². The zero-order valence-electron chi connectivity index (χ0n) is 9.31. The Bertz CT molecular complexity index is 370. The number of nitriles is 1. The van der Waals surface area contributed by atoms with Crippen LogP contribution in [0.1, 0.15) is 25.3 Å². The molecule has 1 heterocycles. The molecule has 0 fully saturated rings. The van der Waals surface area contributed by atoms with Gasteiger partial charge in [0.15, 0.2) is 0 Å². The Morgan fingerprint density at radius 2 is 2.50 bits per heavy atom. The fourth-order valence-electron chi connectivity index (χ4n) is 1.37. The van der Waals surface area contributed by atoms with E-state index >= 15 is 0 Å². The monoisotopic (exact) mass is 217 g/mol. The van der Waals surface area contributed by atoms with Crippen molar-refractivity contribution in [2.45, 2.75) is 32.2 Å². The van der Waals surface area contributed by atoms with E-state index in [4.69, 9.17) is 5.26 Å². The summed E-state index contributed by atoms with van der Waals surface area (Å²) in [5.74, 6) is -0.0601. The number of amides is 1. The average Bonchev–Trinajstić information content (AvgIpc) is 2.29. The zero-order chi connectivity index (χ0) is 11.8. The van der Waals surface area contributed by atoms with E-state index in [9.17, 15) is 4.79 Å². The van der Waals surface area contributed by atoms with Gasteiger partial charge in [-0.3, -0.25) is 9.78 Å². The van der Waals surface area contributed by atoms with E-state index in [2.05, 4.69) is 16.4 Å². The van der Waals surface area contributed by atoms with Crippen LogP contribution in [-0.2, 0) is 11.2 Å². The number of carbonyl (C=O) groups is 1. The van der Waals surface area contributed by atoms with Crippen LogP contribution in [0.3, 0.4) is 0 Å². The Morgan fingerprint density at radius 3 is 3.06 bits per heavy atom. The number of pyridine rings is 1. The van der Waals surface area contributed by atoms with Crippen molar-refractivity contribution in [2.75, 3.05) is 0 Å². The molecule has 84 valence electrons. The summed E-state index contributed by atoms with van der Waals surface area (Å²) in [6.07, 6.45) is 4.79. The van der Waals surface area contributed by atoms with E-state index in [0.717, 1.165) is 12.0 Å². The van der Waals surface area contributed by atoms with Crippen LogP contribution < -0.4 is 5.32 Å². The molecule has 0 aliphatic heterocycles. The molecule has 4 nitrogen and oxygen atoms in total. The van der Waals surface area contributed by atoms with Crippen LogP contribution in [0.2, 0.25) is 0 Å². The normalized spacial score (nSPS) is 11.5. The first-order valence-electron chi connectivity index (χ1n) is 5.31. The van der Waals surface area contributed by atoms with E-state index < -0.39 is 0 Å². The highest BCUT2D eigenvalue weighted by Crippen LogP contribution is 2.00. The van der Waals surface area contributed by atoms with E-state index in [1.807, 2.05) is 13.0 Å². The van der Waals surface area contributed by atoms with Crippen LogP contribution in [-0.4, -0.2) is 16.9 Å². The second-order valence-corrected chi connectivity index (χ2v) is 3.57. The van der Waals surface area contributed by atoms with Gasteiger partial charge in [-0.1, -0.05) is 13.0 Å². The smallest absolute Gasteiger partial charge is 0.224 e. The first-order valence-corrected chi connectivity index (χ1v) is 5.31. The van der Waals surface area contributed by atoms with Crippen LogP contribution in [0.4, 0.5) is 0 Å². The molecular weight excluding hydrogens is 202 g/mol. The molecule has 0 unspecified atom stereocenters. The average molecular weight is 217 g/mol. The van der Waals surface area contributed by atoms with Crippen molar-refractivity contribution in [3.63, 3.8) is 0 Å². The predicted octanol–water partition coefficient (Wildman–Crippen LogP) is 1.43. The molecule has 4 heteroatoms. The molecule has 0 bridgehead atoms. The summed E-state index contributed by atoms with van der Waals surface area (Å²) in [5, 5.41) is 11.4. The minimum absolute atomic E-state index is 0.0471. The number of hydrogen-bond acceptors (Lipinski definition) is 3. The Kier molecular flexibility index (Phi) is 5.00. The maximum atomic E-state index is 11.6. The first kappa shape index (κ1) is 12.2. The summed E-state index contributed by atoms with van der Waals surface area (Å²) in [4.78, 5) is 15.5. The summed E-state index contributed by atoms with van der Waals surface area (Å²) in [5.41, 5.74) is 0.881. The van der Waals surface area contributed by atoms with Gasteiger partial charge in [-0.2, -0.15) is 5.26 Å². The van der Waals surface area contributed by atoms with Crippen LogP contribution >= 0.6 is 0 Å². The van der Waals surface area contributed by atoms with Crippen LogP contribution in [0.5, 0.6) is 0 Å². The lowest BCUT2D eigenvalue weighted by Crippen LogP contribution is -2.35. The van der Waals surface area contributed by atoms with Gasteiger partial charge in [-0.15, -0.1) is 0 Å². The highest BCUT2D eigenvalue weighted by Gasteiger charge is 2.10. The predicted molar refractivity (Wildman–Crippen MR) is 60.4 cm³/mol. The molecule has 1 aromatic rings. The van der Waals surface area contributed by atoms with Gasteiger partial charge in [-0.25, -0.2) is 0 Å². The summed E-state index contributed by atoms with van der Waals surface area (Å²) in [7, 11) is 0. The van der Waals surface area contributed by atoms with Crippen LogP contribution in [0.15, 0.2) is 24.5 Å². The fourth-order valence-corrected chi connectivity index (χ4v) is 1.37. The van der Waals surface area contributed by atoms with Gasteiger partial charge in [-0.05, 0) is 18.1 Å². The van der Waals surface area contributed by atoms with Crippen molar-refractivity contribution in [1.82, 2.24) is 10.3 Å². The number of aromatic nitrogens is 1. The SMILES string of the molecule is CC[C@@H](CC#N)NC(=O)Cc1cccnc1. The molecule has 1 amide bonds. The molecule has 0 radical (unpaired) electrons. The van der Waals surface area contributed by atoms with Crippen LogP contribution in [0.25, 0.3) is 0 Å². The standard InChI is InChI=1S/C12H15N3O/c1-2-11(5-6-13)15-12(16)8-10-4-3-7-14-9-10/h3-4,7,9,11H,2,5,8H2,1H3,(H,15,16)/t11-/m0/s1. The zero-order valence-corrected chi connectivity index (χ0v) is 9.31. The van der Waals surface area contributed by atoms with E-state index in [1.165, 1.54) is 0 Å². The molecule has 16 heavy (non-hydrogen) atoms. The molecule has 0 saturated heterocycles. The maximum absolute atomic E-state index is 11.6. The molecule has 1 N–H and O–H groups in total. The van der Waals surface area contributed by atoms with Crippen molar-refractivity contribution in [3.05, 3.63) is 30.1 Å². The largest absolute Gasteiger partial charge is 0.352 e. The number of nitrogens with one attached hydrogen (secondary N) is 1. The lowest BCUT2D eigenvalue weighted by molar-refractivity contribution is -0.121. The van der Waals surface area contributed by atoms with Gasteiger partial charge in [0.2, 0.25) is 5.91 Å². The van der Waals surface area contributed by atoms with E-state index in [0.29, 0.717) is 12.8 Å². The third kappa shape index (κ3) is 4.09. The minimum Gasteiger partial charge on any atom is -0.352 e. The lowest BCUT2D eigenvalue weighted by atomic mass is 10.1. The van der Waals surface area contributed by atoms with Gasteiger partial charge < -0.3 is 5.32 Å². The van der Waals surface area contributed by atoms with Gasteiger partial charge in [0.05, 0.1) is 18.9 Å². The first-order chi connectivity index (χ1) is 7.76. The van der Waals surface area contributed by atoms with E-state index in [1.54, 1.807) is 18.5 Å². The number of nitrogens with zero attached hydrogens (tertiary/aromatic N) is 2. The van der Waals surface area contributed by atoms with Crippen molar-refractivity contribution >= 4 is 5.91 Å². The Labute approximate surface area is 95.3 Å². The van der Waals surface area contributed by atoms with Crippen molar-refractivity contribution in [3.8, 4) is 6.07 Å². The van der Waals surface area contributed by atoms with Crippen LogP contribution in [0, 0.1) is 11.3 Å². The van der Waals surface area contributed by atoms with Crippen molar-refractivity contribution < 1.29 is 4.79 Å². The maximum Gasteiger partial charge on any atom is 0.224 e. The molecular formula is C12H15N3O. The fraction of sp³-hybridized carbons (Fsp3) is 0.417. The van der Waals surface area contributed by atoms with Gasteiger partial charge >= 0.3 is 0 Å². The van der Waals surface area contributed by atoms with E-state index in [-0.39, 0.29) is 11.9 Å². The Morgan fingerprint density at radius 1 is 1.69 bits per heavy atom. The third-order valence-corrected chi connectivity index (χ3v) is 2.28. The number of carbonyl (C=O) groups excluding carboxylic acids is 1. The third-order valence-electron chi connectivity index (χ3n) is 2.28. The highest BCUT2D eigenvalue weighted by atomic mass is 16.1. The Hall–Kier alpha value is -1.89. The summed E-state index contributed by atoms with van der Waals surface area (Å²) < 4.78 is 0. The number of hydrogen-bond donors (Lipinski definition) is 1. The summed E-state index contributed by atoms with van der Waals surface area (Å²) >= 11 is 0. The van der Waals surface area contributed by atoms with Gasteiger partial charge in [0.25, 0.3) is 0 Å².